The molecule has 0 spiro atoms. The van der Waals surface area contributed by atoms with Crippen molar-refractivity contribution in [3.8, 4) is 23.1 Å². The zero-order valence-electron chi connectivity index (χ0n) is 20.5. The molecule has 1 saturated heterocycles. The first kappa shape index (κ1) is 23.9. The van der Waals surface area contributed by atoms with Crippen LogP contribution in [0.15, 0.2) is 42.6 Å². The molecule has 4 heterocycles. The van der Waals surface area contributed by atoms with Crippen LogP contribution in [0.4, 0.5) is 23.3 Å². The van der Waals surface area contributed by atoms with Crippen LogP contribution in [0.5, 0.6) is 23.1 Å². The molecule has 36 heavy (non-hydrogen) atoms. The number of hydrogen-bond acceptors (Lipinski definition) is 10. The molecule has 2 aromatic heterocycles. The van der Waals surface area contributed by atoms with Gasteiger partial charge in [0, 0.05) is 24.5 Å². The number of benzene rings is 1. The minimum atomic E-state index is 0.440. The van der Waals surface area contributed by atoms with E-state index in [0.29, 0.717) is 54.8 Å². The second-order valence-corrected chi connectivity index (χ2v) is 8.68. The number of anilines is 4. The van der Waals surface area contributed by atoms with E-state index in [1.165, 1.54) is 32.4 Å². The van der Waals surface area contributed by atoms with Gasteiger partial charge in [-0.1, -0.05) is 6.42 Å². The number of methoxy groups -OCH3 is 1. The topological polar surface area (TPSA) is 103 Å². The highest BCUT2D eigenvalue weighted by molar-refractivity contribution is 5.61. The van der Waals surface area contributed by atoms with Crippen molar-refractivity contribution in [2.24, 2.45) is 0 Å². The first-order chi connectivity index (χ1) is 17.8. The summed E-state index contributed by atoms with van der Waals surface area (Å²) in [5.41, 5.74) is 0.794. The second-order valence-electron chi connectivity index (χ2n) is 8.68. The van der Waals surface area contributed by atoms with Gasteiger partial charge < -0.3 is 34.5 Å². The number of piperidine rings is 1. The summed E-state index contributed by atoms with van der Waals surface area (Å²) in [5.74, 6) is 4.13. The summed E-state index contributed by atoms with van der Waals surface area (Å²) >= 11 is 0. The molecule has 0 amide bonds. The summed E-state index contributed by atoms with van der Waals surface area (Å²) in [6.45, 7) is 5.15. The van der Waals surface area contributed by atoms with E-state index >= 15 is 0 Å². The molecule has 190 valence electrons. The van der Waals surface area contributed by atoms with Gasteiger partial charge in [0.1, 0.15) is 24.8 Å². The van der Waals surface area contributed by atoms with Crippen molar-refractivity contribution in [3.63, 3.8) is 0 Å². The van der Waals surface area contributed by atoms with Crippen molar-refractivity contribution in [3.05, 3.63) is 42.6 Å². The third-order valence-electron chi connectivity index (χ3n) is 6.06. The predicted molar refractivity (Wildman–Crippen MR) is 137 cm³/mol. The number of fused-ring (bicyclic) bond motifs is 1. The number of rotatable bonds is 10. The number of likely N-dealkylation sites (tertiary alicyclic amines) is 1. The molecular formula is C26H32N6O4. The lowest BCUT2D eigenvalue weighted by molar-refractivity contribution is 0.164. The highest BCUT2D eigenvalue weighted by atomic mass is 16.6. The Kier molecular flexibility index (Phi) is 7.82. The molecule has 2 aliphatic rings. The first-order valence-electron chi connectivity index (χ1n) is 12.4. The van der Waals surface area contributed by atoms with E-state index in [0.717, 1.165) is 24.4 Å². The van der Waals surface area contributed by atoms with Gasteiger partial charge in [-0.3, -0.25) is 0 Å². The van der Waals surface area contributed by atoms with Crippen LogP contribution in [0.2, 0.25) is 0 Å². The fourth-order valence-corrected chi connectivity index (χ4v) is 4.27. The van der Waals surface area contributed by atoms with Crippen LogP contribution in [0.1, 0.15) is 25.7 Å². The number of ether oxygens (including phenoxy) is 4. The fourth-order valence-electron chi connectivity index (χ4n) is 4.27. The predicted octanol–water partition coefficient (Wildman–Crippen LogP) is 4.39. The van der Waals surface area contributed by atoms with Crippen molar-refractivity contribution in [1.29, 1.82) is 0 Å². The lowest BCUT2D eigenvalue weighted by Crippen LogP contribution is -2.31. The third kappa shape index (κ3) is 6.25. The Morgan fingerprint density at radius 2 is 1.78 bits per heavy atom. The quantitative estimate of drug-likeness (QED) is 0.396. The Morgan fingerprint density at radius 3 is 2.67 bits per heavy atom. The van der Waals surface area contributed by atoms with Crippen LogP contribution < -0.4 is 29.6 Å². The molecule has 5 rings (SSSR count). The third-order valence-corrected chi connectivity index (χ3v) is 6.06. The van der Waals surface area contributed by atoms with Gasteiger partial charge in [-0.2, -0.15) is 9.97 Å². The minimum Gasteiger partial charge on any atom is -0.493 e. The average molecular weight is 493 g/mol. The summed E-state index contributed by atoms with van der Waals surface area (Å²) in [7, 11) is 1.64. The van der Waals surface area contributed by atoms with Crippen LogP contribution >= 0.6 is 0 Å². The molecule has 1 aromatic carbocycles. The number of aromatic nitrogens is 3. The SMILES string of the molecule is COc1cc(Nc2nccc(Nc3ccc4c(n3)OCCO4)n2)ccc1OCCCN1CCCCC1. The summed E-state index contributed by atoms with van der Waals surface area (Å²) in [6.07, 6.45) is 6.64. The Labute approximate surface area is 211 Å². The number of nitrogens with one attached hydrogen (secondary N) is 2. The van der Waals surface area contributed by atoms with Crippen LogP contribution in [0, 0.1) is 0 Å². The van der Waals surface area contributed by atoms with Crippen LogP contribution in [0.25, 0.3) is 0 Å². The Bertz CT molecular complexity index is 1160. The molecule has 2 aliphatic heterocycles. The summed E-state index contributed by atoms with van der Waals surface area (Å²) in [5, 5.41) is 6.40. The molecule has 0 saturated carbocycles. The molecule has 10 nitrogen and oxygen atoms in total. The van der Waals surface area contributed by atoms with Gasteiger partial charge in [0.05, 0.1) is 13.7 Å². The van der Waals surface area contributed by atoms with Crippen molar-refractivity contribution in [1.82, 2.24) is 19.9 Å². The van der Waals surface area contributed by atoms with Gasteiger partial charge in [0.25, 0.3) is 5.88 Å². The van der Waals surface area contributed by atoms with Crippen LogP contribution in [-0.2, 0) is 0 Å². The maximum atomic E-state index is 6.00. The summed E-state index contributed by atoms with van der Waals surface area (Å²) in [6, 6.07) is 11.1. The van der Waals surface area contributed by atoms with Gasteiger partial charge in [0.15, 0.2) is 17.2 Å². The van der Waals surface area contributed by atoms with E-state index in [-0.39, 0.29) is 0 Å². The van der Waals surface area contributed by atoms with Crippen molar-refractivity contribution < 1.29 is 18.9 Å². The Hall–Kier alpha value is -3.79. The van der Waals surface area contributed by atoms with Gasteiger partial charge in [0.2, 0.25) is 5.95 Å². The maximum absolute atomic E-state index is 6.00. The summed E-state index contributed by atoms with van der Waals surface area (Å²) < 4.78 is 22.6. The maximum Gasteiger partial charge on any atom is 0.259 e. The highest BCUT2D eigenvalue weighted by Crippen LogP contribution is 2.32. The van der Waals surface area contributed by atoms with Gasteiger partial charge in [-0.15, -0.1) is 0 Å². The van der Waals surface area contributed by atoms with E-state index < -0.39 is 0 Å². The van der Waals surface area contributed by atoms with Crippen molar-refractivity contribution >= 4 is 23.3 Å². The van der Waals surface area contributed by atoms with Gasteiger partial charge in [-0.05, 0) is 62.7 Å². The smallest absolute Gasteiger partial charge is 0.259 e. The van der Waals surface area contributed by atoms with E-state index in [1.54, 1.807) is 19.4 Å². The number of nitrogens with zero attached hydrogens (tertiary/aromatic N) is 4. The molecule has 2 N–H and O–H groups in total. The minimum absolute atomic E-state index is 0.440. The van der Waals surface area contributed by atoms with Crippen molar-refractivity contribution in [2.75, 3.05) is 57.2 Å². The van der Waals surface area contributed by atoms with E-state index in [1.807, 2.05) is 30.3 Å². The van der Waals surface area contributed by atoms with Crippen LogP contribution in [-0.4, -0.2) is 66.4 Å². The lowest BCUT2D eigenvalue weighted by Gasteiger charge is -2.26. The number of hydrogen-bond donors (Lipinski definition) is 2. The molecular weight excluding hydrogens is 460 g/mol. The molecule has 10 heteroatoms. The lowest BCUT2D eigenvalue weighted by atomic mass is 10.1. The zero-order chi connectivity index (χ0) is 24.6. The largest absolute Gasteiger partial charge is 0.493 e. The second kappa shape index (κ2) is 11.8. The normalized spacial score (nSPS) is 15.2. The monoisotopic (exact) mass is 492 g/mol. The molecule has 3 aromatic rings. The van der Waals surface area contributed by atoms with Gasteiger partial charge in [-0.25, -0.2) is 4.98 Å². The first-order valence-corrected chi connectivity index (χ1v) is 12.4. The molecule has 0 unspecified atom stereocenters. The molecule has 0 atom stereocenters. The Morgan fingerprint density at radius 1 is 0.917 bits per heavy atom. The molecule has 0 radical (unpaired) electrons. The van der Waals surface area contributed by atoms with E-state index in [4.69, 9.17) is 18.9 Å². The van der Waals surface area contributed by atoms with E-state index in [9.17, 15) is 0 Å². The van der Waals surface area contributed by atoms with Gasteiger partial charge >= 0.3 is 0 Å². The standard InChI is InChI=1S/C26H32N6O4/c1-33-22-18-19(6-7-20(22)34-15-5-14-32-12-3-2-4-13-32)28-26-27-11-10-24(31-26)29-23-9-8-21-25(30-23)36-17-16-35-21/h6-11,18H,2-5,12-17H2,1H3,(H2,27,28,29,30,31). The zero-order valence-corrected chi connectivity index (χ0v) is 20.5. The van der Waals surface area contributed by atoms with Crippen molar-refractivity contribution in [2.45, 2.75) is 25.7 Å². The highest BCUT2D eigenvalue weighted by Gasteiger charge is 2.14. The molecule has 0 bridgehead atoms. The number of pyridine rings is 1. The fraction of sp³-hybridized carbons (Fsp3) is 0.423. The molecule has 1 fully saturated rings. The van der Waals surface area contributed by atoms with Crippen LogP contribution in [0.3, 0.4) is 0 Å². The average Bonchev–Trinajstić information content (AvgIpc) is 2.92. The Balaban J connectivity index is 1.17. The summed E-state index contributed by atoms with van der Waals surface area (Å²) in [4.78, 5) is 15.8. The van der Waals surface area contributed by atoms with E-state index in [2.05, 4.69) is 30.5 Å². The molecule has 0 aliphatic carbocycles.